The zero-order chi connectivity index (χ0) is 30.8. The van der Waals surface area contributed by atoms with Crippen molar-refractivity contribution in [2.45, 2.75) is 76.9 Å². The van der Waals surface area contributed by atoms with Crippen molar-refractivity contribution in [3.05, 3.63) is 100 Å². The second kappa shape index (κ2) is 15.5. The first-order valence-electron chi connectivity index (χ1n) is 15.0. The average molecular weight is 669 g/mol. The Morgan fingerprint density at radius 2 is 1.63 bits per heavy atom. The monoisotopic (exact) mass is 667 g/mol. The molecular weight excluding hydrogens is 626 g/mol. The van der Waals surface area contributed by atoms with Gasteiger partial charge in [-0.3, -0.25) is 13.9 Å². The summed E-state index contributed by atoms with van der Waals surface area (Å²) in [6.07, 6.45) is 7.26. The molecule has 1 aliphatic carbocycles. The molecule has 0 bridgehead atoms. The minimum Gasteiger partial charge on any atom is -0.352 e. The minimum absolute atomic E-state index is 0.108. The second-order valence-corrected chi connectivity index (χ2v) is 14.3. The molecule has 2 amide bonds. The number of nitrogens with one attached hydrogen (secondary N) is 1. The quantitative estimate of drug-likeness (QED) is 0.229. The van der Waals surface area contributed by atoms with Gasteiger partial charge in [0.25, 0.3) is 0 Å². The Balaban J connectivity index is 1.58. The van der Waals surface area contributed by atoms with Crippen LogP contribution >= 0.6 is 15.9 Å². The van der Waals surface area contributed by atoms with Crippen molar-refractivity contribution < 1.29 is 18.0 Å². The van der Waals surface area contributed by atoms with Crippen LogP contribution in [0.3, 0.4) is 0 Å². The Hall–Kier alpha value is -3.17. The molecule has 9 heteroatoms. The lowest BCUT2D eigenvalue weighted by atomic mass is 9.94. The maximum absolute atomic E-state index is 14.0. The van der Waals surface area contributed by atoms with Gasteiger partial charge in [-0.15, -0.1) is 0 Å². The van der Waals surface area contributed by atoms with Crippen molar-refractivity contribution in [3.63, 3.8) is 0 Å². The van der Waals surface area contributed by atoms with Gasteiger partial charge in [-0.25, -0.2) is 8.42 Å². The first-order chi connectivity index (χ1) is 20.6. The highest BCUT2D eigenvalue weighted by atomic mass is 79.9. The molecule has 4 rings (SSSR count). The Kier molecular flexibility index (Phi) is 11.8. The highest BCUT2D eigenvalue weighted by Crippen LogP contribution is 2.23. The molecule has 43 heavy (non-hydrogen) atoms. The smallest absolute Gasteiger partial charge is 0.243 e. The van der Waals surface area contributed by atoms with Gasteiger partial charge in [-0.2, -0.15) is 0 Å². The number of halogens is 1. The van der Waals surface area contributed by atoms with Crippen LogP contribution in [0.25, 0.3) is 0 Å². The van der Waals surface area contributed by atoms with Crippen molar-refractivity contribution in [1.29, 1.82) is 0 Å². The van der Waals surface area contributed by atoms with Crippen molar-refractivity contribution in [2.24, 2.45) is 0 Å². The largest absolute Gasteiger partial charge is 0.352 e. The lowest BCUT2D eigenvalue weighted by Gasteiger charge is -2.34. The van der Waals surface area contributed by atoms with Crippen LogP contribution in [0.2, 0.25) is 0 Å². The number of nitrogens with zero attached hydrogens (tertiary/aromatic N) is 2. The van der Waals surface area contributed by atoms with E-state index in [9.17, 15) is 18.0 Å². The molecule has 0 aromatic heterocycles. The number of carbonyl (C=O) groups is 2. The average Bonchev–Trinajstić information content (AvgIpc) is 2.98. The first kappa shape index (κ1) is 32.7. The van der Waals surface area contributed by atoms with Crippen LogP contribution in [0.15, 0.2) is 83.3 Å². The number of hydrogen-bond donors (Lipinski definition) is 1. The number of carbonyl (C=O) groups excluding carboxylic acids is 2. The number of sulfonamides is 1. The zero-order valence-corrected chi connectivity index (χ0v) is 27.4. The van der Waals surface area contributed by atoms with Gasteiger partial charge in [0.2, 0.25) is 21.8 Å². The molecule has 0 radical (unpaired) electrons. The maximum Gasteiger partial charge on any atom is 0.243 e. The predicted octanol–water partition coefficient (Wildman–Crippen LogP) is 6.39. The third kappa shape index (κ3) is 9.93. The van der Waals surface area contributed by atoms with Gasteiger partial charge in [0.05, 0.1) is 11.9 Å². The van der Waals surface area contributed by atoms with E-state index in [1.807, 2.05) is 79.7 Å². The summed E-state index contributed by atoms with van der Waals surface area (Å²) >= 11 is 3.48. The molecule has 1 N–H and O–H groups in total. The number of hydrogen-bond acceptors (Lipinski definition) is 4. The van der Waals surface area contributed by atoms with Crippen LogP contribution in [0.4, 0.5) is 5.69 Å². The van der Waals surface area contributed by atoms with E-state index in [1.54, 1.807) is 11.0 Å². The van der Waals surface area contributed by atoms with E-state index in [0.29, 0.717) is 18.5 Å². The Labute approximate surface area is 264 Å². The fourth-order valence-corrected chi connectivity index (χ4v) is 6.89. The van der Waals surface area contributed by atoms with Gasteiger partial charge in [0, 0.05) is 36.4 Å². The maximum atomic E-state index is 14.0. The summed E-state index contributed by atoms with van der Waals surface area (Å²) in [7, 11) is -3.55. The molecular formula is C34H42BrN3O4S. The van der Waals surface area contributed by atoms with Gasteiger partial charge in [-0.05, 0) is 67.1 Å². The lowest BCUT2D eigenvalue weighted by Crippen LogP contribution is -2.52. The van der Waals surface area contributed by atoms with Gasteiger partial charge < -0.3 is 10.2 Å². The Bertz CT molecular complexity index is 1460. The molecule has 0 saturated heterocycles. The number of benzene rings is 3. The van der Waals surface area contributed by atoms with Crippen molar-refractivity contribution >= 4 is 43.5 Å². The molecule has 1 aliphatic rings. The fraction of sp³-hybridized carbons (Fsp3) is 0.412. The van der Waals surface area contributed by atoms with E-state index >= 15 is 0 Å². The van der Waals surface area contributed by atoms with Crippen molar-refractivity contribution in [2.75, 3.05) is 17.1 Å². The van der Waals surface area contributed by atoms with Gasteiger partial charge in [0.1, 0.15) is 6.04 Å². The number of amides is 2. The normalized spacial score (nSPS) is 14.6. The molecule has 0 unspecified atom stereocenters. The summed E-state index contributed by atoms with van der Waals surface area (Å²) in [4.78, 5) is 29.7. The van der Waals surface area contributed by atoms with Crippen LogP contribution in [-0.4, -0.2) is 50.0 Å². The van der Waals surface area contributed by atoms with Gasteiger partial charge in [-0.1, -0.05) is 89.8 Å². The molecule has 1 saturated carbocycles. The molecule has 0 heterocycles. The molecule has 3 aromatic rings. The van der Waals surface area contributed by atoms with Crippen LogP contribution in [0.5, 0.6) is 0 Å². The number of rotatable bonds is 13. The SMILES string of the molecule is Cc1cccc(N(CCCC(=O)N(Cc2ccc(Br)cc2)[C@@H](Cc2ccccc2)C(=O)NC2CCCCC2)S(C)(=O)=O)c1. The third-order valence-electron chi connectivity index (χ3n) is 7.93. The molecule has 0 aliphatic heterocycles. The zero-order valence-electron chi connectivity index (χ0n) is 25.0. The van der Waals surface area contributed by atoms with Crippen LogP contribution < -0.4 is 9.62 Å². The van der Waals surface area contributed by atoms with E-state index in [4.69, 9.17) is 0 Å². The van der Waals surface area contributed by atoms with E-state index in [0.717, 1.165) is 46.8 Å². The van der Waals surface area contributed by atoms with Crippen LogP contribution in [0, 0.1) is 6.92 Å². The molecule has 230 valence electrons. The highest BCUT2D eigenvalue weighted by molar-refractivity contribution is 9.10. The molecule has 1 fully saturated rings. The molecule has 7 nitrogen and oxygen atoms in total. The predicted molar refractivity (Wildman–Crippen MR) is 176 cm³/mol. The fourth-order valence-electron chi connectivity index (χ4n) is 5.67. The standard InChI is InChI=1S/C34H42BrN3O4S/c1-26-11-9-16-31(23-26)38(43(2,41)42)22-10-17-33(39)37(25-28-18-20-29(35)21-19-28)32(24-27-12-5-3-6-13-27)34(40)36-30-14-7-4-8-15-30/h3,5-6,9,11-13,16,18-21,23,30,32H,4,7-8,10,14-15,17,22,24-25H2,1-2H3,(H,36,40)/t32-/m0/s1. The van der Waals surface area contributed by atoms with E-state index in [2.05, 4.69) is 21.2 Å². The van der Waals surface area contributed by atoms with Crippen LogP contribution in [0.1, 0.15) is 61.6 Å². The van der Waals surface area contributed by atoms with Gasteiger partial charge in [0.15, 0.2) is 0 Å². The summed E-state index contributed by atoms with van der Waals surface area (Å²) < 4.78 is 27.7. The summed E-state index contributed by atoms with van der Waals surface area (Å²) in [5.41, 5.74) is 3.42. The minimum atomic E-state index is -3.55. The lowest BCUT2D eigenvalue weighted by molar-refractivity contribution is -0.141. The van der Waals surface area contributed by atoms with Crippen LogP contribution in [-0.2, 0) is 32.6 Å². The Morgan fingerprint density at radius 1 is 0.930 bits per heavy atom. The van der Waals surface area contributed by atoms with Crippen molar-refractivity contribution in [3.8, 4) is 0 Å². The molecule has 3 aromatic carbocycles. The van der Waals surface area contributed by atoms with E-state index < -0.39 is 16.1 Å². The number of aryl methyl sites for hydroxylation is 1. The number of anilines is 1. The molecule has 1 atom stereocenters. The summed E-state index contributed by atoms with van der Waals surface area (Å²) in [5, 5.41) is 3.26. The third-order valence-corrected chi connectivity index (χ3v) is 9.65. The summed E-state index contributed by atoms with van der Waals surface area (Å²) in [6, 6.07) is 24.3. The summed E-state index contributed by atoms with van der Waals surface area (Å²) in [5.74, 6) is -0.320. The first-order valence-corrected chi connectivity index (χ1v) is 17.7. The second-order valence-electron chi connectivity index (χ2n) is 11.5. The van der Waals surface area contributed by atoms with Crippen molar-refractivity contribution in [1.82, 2.24) is 10.2 Å². The van der Waals surface area contributed by atoms with Gasteiger partial charge >= 0.3 is 0 Å². The Morgan fingerprint density at radius 3 is 2.28 bits per heavy atom. The highest BCUT2D eigenvalue weighted by Gasteiger charge is 2.32. The summed E-state index contributed by atoms with van der Waals surface area (Å²) in [6.45, 7) is 2.35. The van der Waals surface area contributed by atoms with E-state index in [1.165, 1.54) is 17.0 Å². The molecule has 0 spiro atoms. The van der Waals surface area contributed by atoms with E-state index in [-0.39, 0.29) is 37.4 Å². The topological polar surface area (TPSA) is 86.8 Å².